The van der Waals surface area contributed by atoms with Gasteiger partial charge < -0.3 is 20.3 Å². The van der Waals surface area contributed by atoms with Gasteiger partial charge in [0.15, 0.2) is 5.96 Å². The van der Waals surface area contributed by atoms with Crippen molar-refractivity contribution in [3.05, 3.63) is 59.2 Å². The van der Waals surface area contributed by atoms with Crippen LogP contribution in [-0.2, 0) is 17.8 Å². The highest BCUT2D eigenvalue weighted by atomic mass is 127. The summed E-state index contributed by atoms with van der Waals surface area (Å²) in [5.74, 6) is 1.49. The van der Waals surface area contributed by atoms with Crippen LogP contribution >= 0.6 is 24.0 Å². The summed E-state index contributed by atoms with van der Waals surface area (Å²) in [4.78, 5) is 18.8. The van der Waals surface area contributed by atoms with Gasteiger partial charge in [0.05, 0.1) is 12.6 Å². The lowest BCUT2D eigenvalue weighted by atomic mass is 10.1. The summed E-state index contributed by atoms with van der Waals surface area (Å²) in [6, 6.07) is 14.2. The zero-order chi connectivity index (χ0) is 20.8. The molecule has 1 amide bonds. The van der Waals surface area contributed by atoms with Crippen molar-refractivity contribution in [3.63, 3.8) is 0 Å². The summed E-state index contributed by atoms with van der Waals surface area (Å²) in [5.41, 5.74) is 4.44. The maximum Gasteiger partial charge on any atom is 0.246 e. The van der Waals surface area contributed by atoms with E-state index < -0.39 is 0 Å². The molecule has 1 aliphatic heterocycles. The molecule has 162 valence electrons. The lowest BCUT2D eigenvalue weighted by Gasteiger charge is -2.19. The number of halogens is 1. The Labute approximate surface area is 196 Å². The van der Waals surface area contributed by atoms with Crippen LogP contribution in [0.4, 0.5) is 5.69 Å². The Morgan fingerprint density at radius 1 is 1.20 bits per heavy atom. The predicted molar refractivity (Wildman–Crippen MR) is 133 cm³/mol. The number of para-hydroxylation sites is 1. The van der Waals surface area contributed by atoms with Crippen LogP contribution in [0.2, 0.25) is 0 Å². The highest BCUT2D eigenvalue weighted by molar-refractivity contribution is 14.0. The molecule has 0 bridgehead atoms. The number of nitrogens with zero attached hydrogens (tertiary/aromatic N) is 2. The summed E-state index contributed by atoms with van der Waals surface area (Å²) in [7, 11) is 1.70. The first-order chi connectivity index (χ1) is 14.0. The maximum absolute atomic E-state index is 12.7. The number of amides is 1. The fourth-order valence-electron chi connectivity index (χ4n) is 3.42. The van der Waals surface area contributed by atoms with Gasteiger partial charge in [0.1, 0.15) is 5.75 Å². The van der Waals surface area contributed by atoms with Gasteiger partial charge in [-0.1, -0.05) is 30.3 Å². The minimum absolute atomic E-state index is 0. The van der Waals surface area contributed by atoms with E-state index in [1.165, 1.54) is 5.56 Å². The summed E-state index contributed by atoms with van der Waals surface area (Å²) in [6.45, 7) is 7.56. The van der Waals surface area contributed by atoms with E-state index in [4.69, 9.17) is 4.74 Å². The molecule has 0 saturated heterocycles. The van der Waals surface area contributed by atoms with E-state index in [2.05, 4.69) is 33.8 Å². The minimum Gasteiger partial charge on any atom is -0.491 e. The van der Waals surface area contributed by atoms with Crippen molar-refractivity contribution in [2.45, 2.75) is 39.8 Å². The molecule has 0 fully saturated rings. The molecule has 0 spiro atoms. The second-order valence-corrected chi connectivity index (χ2v) is 7.48. The number of benzene rings is 2. The monoisotopic (exact) mass is 522 g/mol. The number of aliphatic imine (C=N–C) groups is 1. The number of hydrogen-bond acceptors (Lipinski definition) is 3. The standard InChI is InChI=1S/C23H30N4O2.HI/c1-16(2)29-21-13-17(3)9-10-19(21)14-25-23(24-4)26-15-22(28)27-12-11-18-7-5-6-8-20(18)27;/h5-10,13,16H,11-12,14-15H2,1-4H3,(H2,24,25,26);1H. The summed E-state index contributed by atoms with van der Waals surface area (Å²) in [6.07, 6.45) is 1.01. The number of carbonyl (C=O) groups is 1. The van der Waals surface area contributed by atoms with Crippen LogP contribution in [0.3, 0.4) is 0 Å². The van der Waals surface area contributed by atoms with Crippen LogP contribution in [0, 0.1) is 6.92 Å². The van der Waals surface area contributed by atoms with E-state index in [9.17, 15) is 4.79 Å². The normalized spacial score (nSPS) is 13.0. The molecule has 30 heavy (non-hydrogen) atoms. The second kappa shape index (κ2) is 11.2. The molecule has 2 aromatic rings. The van der Waals surface area contributed by atoms with E-state index in [-0.39, 0.29) is 42.5 Å². The Balaban J connectivity index is 0.00000320. The largest absolute Gasteiger partial charge is 0.491 e. The first-order valence-corrected chi connectivity index (χ1v) is 10.1. The number of aryl methyl sites for hydroxylation is 1. The van der Waals surface area contributed by atoms with Gasteiger partial charge in [0.2, 0.25) is 5.91 Å². The van der Waals surface area contributed by atoms with E-state index in [1.54, 1.807) is 7.05 Å². The first kappa shape index (κ1) is 24.0. The van der Waals surface area contributed by atoms with Gasteiger partial charge in [-0.05, 0) is 50.5 Å². The minimum atomic E-state index is 0. The van der Waals surface area contributed by atoms with Crippen LogP contribution in [0.25, 0.3) is 0 Å². The molecule has 2 aromatic carbocycles. The zero-order valence-electron chi connectivity index (χ0n) is 18.1. The Bertz CT molecular complexity index is 899. The van der Waals surface area contributed by atoms with E-state index in [1.807, 2.05) is 49.9 Å². The predicted octanol–water partition coefficient (Wildman–Crippen LogP) is 3.65. The van der Waals surface area contributed by atoms with Crippen LogP contribution in [0.5, 0.6) is 5.75 Å². The quantitative estimate of drug-likeness (QED) is 0.346. The molecule has 0 radical (unpaired) electrons. The molecule has 0 aliphatic carbocycles. The average molecular weight is 522 g/mol. The molecule has 1 aliphatic rings. The Morgan fingerprint density at radius 3 is 2.70 bits per heavy atom. The summed E-state index contributed by atoms with van der Waals surface area (Å²) in [5, 5.41) is 6.40. The van der Waals surface area contributed by atoms with Crippen LogP contribution in [0.15, 0.2) is 47.5 Å². The number of carbonyl (C=O) groups excluding carboxylic acids is 1. The molecular formula is C23H31IN4O2. The number of rotatable bonds is 6. The van der Waals surface area contributed by atoms with E-state index >= 15 is 0 Å². The highest BCUT2D eigenvalue weighted by Gasteiger charge is 2.23. The van der Waals surface area contributed by atoms with Gasteiger partial charge in [-0.3, -0.25) is 9.79 Å². The zero-order valence-corrected chi connectivity index (χ0v) is 20.4. The molecule has 7 heteroatoms. The van der Waals surface area contributed by atoms with Gasteiger partial charge in [-0.25, -0.2) is 0 Å². The van der Waals surface area contributed by atoms with Crippen molar-refractivity contribution >= 4 is 41.5 Å². The number of ether oxygens (including phenoxy) is 1. The fourth-order valence-corrected chi connectivity index (χ4v) is 3.42. The molecule has 2 N–H and O–H groups in total. The number of guanidine groups is 1. The molecular weight excluding hydrogens is 491 g/mol. The number of fused-ring (bicyclic) bond motifs is 1. The lowest BCUT2D eigenvalue weighted by molar-refractivity contribution is -0.117. The topological polar surface area (TPSA) is 66.0 Å². The fraction of sp³-hybridized carbons (Fsp3) is 0.391. The van der Waals surface area contributed by atoms with Gasteiger partial charge >= 0.3 is 0 Å². The third-order valence-electron chi connectivity index (χ3n) is 4.85. The average Bonchev–Trinajstić information content (AvgIpc) is 3.13. The van der Waals surface area contributed by atoms with Gasteiger partial charge in [0.25, 0.3) is 0 Å². The van der Waals surface area contributed by atoms with Gasteiger partial charge in [-0.15, -0.1) is 24.0 Å². The number of nitrogens with one attached hydrogen (secondary N) is 2. The second-order valence-electron chi connectivity index (χ2n) is 7.48. The van der Waals surface area contributed by atoms with Crippen LogP contribution in [0.1, 0.15) is 30.5 Å². The van der Waals surface area contributed by atoms with Gasteiger partial charge in [-0.2, -0.15) is 0 Å². The summed E-state index contributed by atoms with van der Waals surface area (Å²) < 4.78 is 5.93. The Kier molecular flexibility index (Phi) is 8.95. The Hall–Kier alpha value is -2.29. The molecule has 0 saturated carbocycles. The number of hydrogen-bond donors (Lipinski definition) is 2. The van der Waals surface area contributed by atoms with Crippen molar-refractivity contribution in [3.8, 4) is 5.75 Å². The molecule has 1 heterocycles. The number of anilines is 1. The van der Waals surface area contributed by atoms with Crippen molar-refractivity contribution in [2.24, 2.45) is 4.99 Å². The van der Waals surface area contributed by atoms with Crippen molar-refractivity contribution in [1.82, 2.24) is 10.6 Å². The third kappa shape index (κ3) is 6.10. The SMILES string of the molecule is CN=C(NCC(=O)N1CCc2ccccc21)NCc1ccc(C)cc1OC(C)C.I. The maximum atomic E-state index is 12.7. The van der Waals surface area contributed by atoms with Crippen molar-refractivity contribution < 1.29 is 9.53 Å². The molecule has 0 aromatic heterocycles. The van der Waals surface area contributed by atoms with Crippen LogP contribution < -0.4 is 20.3 Å². The lowest BCUT2D eigenvalue weighted by Crippen LogP contribution is -2.44. The molecule has 3 rings (SSSR count). The van der Waals surface area contributed by atoms with E-state index in [0.717, 1.165) is 35.5 Å². The smallest absolute Gasteiger partial charge is 0.246 e. The highest BCUT2D eigenvalue weighted by Crippen LogP contribution is 2.27. The van der Waals surface area contributed by atoms with Crippen LogP contribution in [-0.4, -0.2) is 38.1 Å². The third-order valence-corrected chi connectivity index (χ3v) is 4.85. The van der Waals surface area contributed by atoms with Gasteiger partial charge in [0, 0.05) is 31.4 Å². The summed E-state index contributed by atoms with van der Waals surface area (Å²) >= 11 is 0. The molecule has 6 nitrogen and oxygen atoms in total. The molecule has 0 atom stereocenters. The van der Waals surface area contributed by atoms with E-state index in [0.29, 0.717) is 12.5 Å². The Morgan fingerprint density at radius 2 is 1.97 bits per heavy atom. The van der Waals surface area contributed by atoms with Crippen molar-refractivity contribution in [1.29, 1.82) is 0 Å². The first-order valence-electron chi connectivity index (χ1n) is 10.1. The molecule has 0 unspecified atom stereocenters. The van der Waals surface area contributed by atoms with Crippen molar-refractivity contribution in [2.75, 3.05) is 25.0 Å².